The smallest absolute Gasteiger partial charge is 0.256 e. The maximum atomic E-state index is 12.4. The van der Waals surface area contributed by atoms with Gasteiger partial charge in [-0.25, -0.2) is 0 Å². The number of nitrogens with zero attached hydrogens (tertiary/aromatic N) is 2. The largest absolute Gasteiger partial charge is 0.383 e. The Bertz CT molecular complexity index is 441. The zero-order valence-electron chi connectivity index (χ0n) is 12.0. The molecule has 1 aromatic heterocycles. The topological polar surface area (TPSA) is 77.4 Å². The van der Waals surface area contributed by atoms with Gasteiger partial charge in [-0.2, -0.15) is 5.10 Å². The summed E-state index contributed by atoms with van der Waals surface area (Å²) in [5.41, 5.74) is -0.0547. The lowest BCUT2D eigenvalue weighted by Crippen LogP contribution is -2.51. The number of carbonyl (C=O) groups is 1. The maximum Gasteiger partial charge on any atom is 0.256 e. The van der Waals surface area contributed by atoms with E-state index < -0.39 is 5.60 Å². The van der Waals surface area contributed by atoms with Crippen LogP contribution < -0.4 is 10.6 Å². The first-order chi connectivity index (χ1) is 9.70. The highest BCUT2D eigenvalue weighted by atomic mass is 16.5. The van der Waals surface area contributed by atoms with Crippen LogP contribution in [0, 0.1) is 0 Å². The molecule has 0 aliphatic carbocycles. The molecule has 2 N–H and O–H groups in total. The first-order valence-electron chi connectivity index (χ1n) is 6.79. The van der Waals surface area contributed by atoms with E-state index in [0.29, 0.717) is 31.7 Å². The van der Waals surface area contributed by atoms with Gasteiger partial charge in [0.2, 0.25) is 0 Å². The van der Waals surface area contributed by atoms with Gasteiger partial charge in [-0.15, -0.1) is 0 Å². The zero-order valence-corrected chi connectivity index (χ0v) is 12.0. The molecule has 0 unspecified atom stereocenters. The average molecular weight is 282 g/mol. The van der Waals surface area contributed by atoms with E-state index in [4.69, 9.17) is 9.47 Å². The van der Waals surface area contributed by atoms with Crippen LogP contribution in [0.25, 0.3) is 0 Å². The fraction of sp³-hybridized carbons (Fsp3) is 0.692. The molecule has 0 spiro atoms. The van der Waals surface area contributed by atoms with Crippen molar-refractivity contribution in [1.82, 2.24) is 15.1 Å². The number of aromatic nitrogens is 2. The summed E-state index contributed by atoms with van der Waals surface area (Å²) in [6, 6.07) is 0. The lowest BCUT2D eigenvalue weighted by atomic mass is 9.91. The molecule has 0 aromatic carbocycles. The van der Waals surface area contributed by atoms with E-state index in [1.807, 2.05) is 0 Å². The van der Waals surface area contributed by atoms with Gasteiger partial charge in [0.15, 0.2) is 0 Å². The van der Waals surface area contributed by atoms with Crippen LogP contribution in [0.4, 0.5) is 5.69 Å². The maximum absolute atomic E-state index is 12.4. The molecular weight excluding hydrogens is 260 g/mol. The standard InChI is InChI=1S/C13H22N4O3/c1-19-8-7-17-10-11(9-15-17)16-12(18)13(20-2)3-5-14-6-4-13/h9-10,14H,3-8H2,1-2H3,(H,16,18). The number of anilines is 1. The molecule has 1 aromatic rings. The third-order valence-corrected chi connectivity index (χ3v) is 3.63. The Balaban J connectivity index is 1.97. The van der Waals surface area contributed by atoms with E-state index in [1.165, 1.54) is 0 Å². The second-order valence-corrected chi connectivity index (χ2v) is 4.89. The highest BCUT2D eigenvalue weighted by Gasteiger charge is 2.39. The molecule has 112 valence electrons. The molecular formula is C13H22N4O3. The molecule has 1 saturated heterocycles. The van der Waals surface area contributed by atoms with E-state index in [9.17, 15) is 4.79 Å². The highest BCUT2D eigenvalue weighted by Crippen LogP contribution is 2.24. The Kier molecular flexibility index (Phi) is 5.11. The summed E-state index contributed by atoms with van der Waals surface area (Å²) in [5.74, 6) is -0.104. The molecule has 2 heterocycles. The van der Waals surface area contributed by atoms with Gasteiger partial charge in [0.05, 0.1) is 25.0 Å². The molecule has 7 nitrogen and oxygen atoms in total. The molecule has 1 aliphatic rings. The zero-order chi connectivity index (χ0) is 14.4. The number of ether oxygens (including phenoxy) is 2. The molecule has 0 bridgehead atoms. The molecule has 0 atom stereocenters. The van der Waals surface area contributed by atoms with Crippen molar-refractivity contribution < 1.29 is 14.3 Å². The Morgan fingerprint density at radius 2 is 2.25 bits per heavy atom. The van der Waals surface area contributed by atoms with Crippen molar-refractivity contribution in [3.63, 3.8) is 0 Å². The fourth-order valence-electron chi connectivity index (χ4n) is 2.33. The van der Waals surface area contributed by atoms with Gasteiger partial charge < -0.3 is 20.1 Å². The summed E-state index contributed by atoms with van der Waals surface area (Å²) in [6.45, 7) is 2.82. The van der Waals surface area contributed by atoms with Gasteiger partial charge in [0.1, 0.15) is 5.60 Å². The van der Waals surface area contributed by atoms with Crippen LogP contribution >= 0.6 is 0 Å². The minimum Gasteiger partial charge on any atom is -0.383 e. The van der Waals surface area contributed by atoms with Crippen molar-refractivity contribution in [2.75, 3.05) is 39.2 Å². The first kappa shape index (κ1) is 15.0. The van der Waals surface area contributed by atoms with E-state index in [0.717, 1.165) is 13.1 Å². The van der Waals surface area contributed by atoms with E-state index in [1.54, 1.807) is 31.3 Å². The summed E-state index contributed by atoms with van der Waals surface area (Å²) in [6.07, 6.45) is 4.78. The minimum atomic E-state index is -0.736. The number of nitrogens with one attached hydrogen (secondary N) is 2. The lowest BCUT2D eigenvalue weighted by Gasteiger charge is -2.34. The number of hydrogen-bond donors (Lipinski definition) is 2. The quantitative estimate of drug-likeness (QED) is 0.781. The van der Waals surface area contributed by atoms with Gasteiger partial charge in [-0.05, 0) is 25.9 Å². The van der Waals surface area contributed by atoms with Crippen LogP contribution in [-0.2, 0) is 20.8 Å². The lowest BCUT2D eigenvalue weighted by molar-refractivity contribution is -0.140. The van der Waals surface area contributed by atoms with Gasteiger partial charge in [0, 0.05) is 20.4 Å². The van der Waals surface area contributed by atoms with Crippen molar-refractivity contribution in [2.24, 2.45) is 0 Å². The molecule has 20 heavy (non-hydrogen) atoms. The Labute approximate surface area is 118 Å². The van der Waals surface area contributed by atoms with E-state index in [-0.39, 0.29) is 5.91 Å². The van der Waals surface area contributed by atoms with Crippen molar-refractivity contribution in [3.05, 3.63) is 12.4 Å². The van der Waals surface area contributed by atoms with Crippen molar-refractivity contribution in [2.45, 2.75) is 25.0 Å². The number of amides is 1. The fourth-order valence-corrected chi connectivity index (χ4v) is 2.33. The molecule has 1 amide bonds. The molecule has 0 radical (unpaired) electrons. The summed E-state index contributed by atoms with van der Waals surface area (Å²) in [4.78, 5) is 12.4. The summed E-state index contributed by atoms with van der Waals surface area (Å²) >= 11 is 0. The van der Waals surface area contributed by atoms with Crippen LogP contribution in [0.2, 0.25) is 0 Å². The van der Waals surface area contributed by atoms with Crippen LogP contribution in [0.3, 0.4) is 0 Å². The predicted molar refractivity (Wildman–Crippen MR) is 74.6 cm³/mol. The number of carbonyl (C=O) groups excluding carboxylic acids is 1. The minimum absolute atomic E-state index is 0.104. The summed E-state index contributed by atoms with van der Waals surface area (Å²) < 4.78 is 12.2. The Morgan fingerprint density at radius 1 is 1.50 bits per heavy atom. The summed E-state index contributed by atoms with van der Waals surface area (Å²) in [7, 11) is 3.23. The Hall–Kier alpha value is -1.44. The van der Waals surface area contributed by atoms with Gasteiger partial charge in [-0.3, -0.25) is 9.48 Å². The average Bonchev–Trinajstić information content (AvgIpc) is 2.93. The predicted octanol–water partition coefficient (Wildman–Crippen LogP) is 0.237. The number of piperidine rings is 1. The van der Waals surface area contributed by atoms with Crippen molar-refractivity contribution in [1.29, 1.82) is 0 Å². The highest BCUT2D eigenvalue weighted by molar-refractivity contribution is 5.97. The first-order valence-corrected chi connectivity index (χ1v) is 6.79. The normalized spacial score (nSPS) is 17.9. The van der Waals surface area contributed by atoms with Gasteiger partial charge in [-0.1, -0.05) is 0 Å². The molecule has 1 aliphatic heterocycles. The number of methoxy groups -OCH3 is 2. The molecule has 7 heteroatoms. The Morgan fingerprint density at radius 3 is 2.90 bits per heavy atom. The third-order valence-electron chi connectivity index (χ3n) is 3.63. The SMILES string of the molecule is COCCn1cc(NC(=O)C2(OC)CCNCC2)cn1. The molecule has 2 rings (SSSR count). The van der Waals surface area contributed by atoms with Gasteiger partial charge >= 0.3 is 0 Å². The molecule has 1 fully saturated rings. The van der Waals surface area contributed by atoms with Crippen LogP contribution in [0.1, 0.15) is 12.8 Å². The van der Waals surface area contributed by atoms with Gasteiger partial charge in [0.25, 0.3) is 5.91 Å². The number of hydrogen-bond acceptors (Lipinski definition) is 5. The van der Waals surface area contributed by atoms with Crippen molar-refractivity contribution in [3.8, 4) is 0 Å². The van der Waals surface area contributed by atoms with E-state index >= 15 is 0 Å². The van der Waals surface area contributed by atoms with Crippen LogP contribution in [-0.4, -0.2) is 55.2 Å². The third kappa shape index (κ3) is 3.36. The second kappa shape index (κ2) is 6.83. The number of rotatable bonds is 6. The molecule has 0 saturated carbocycles. The monoisotopic (exact) mass is 282 g/mol. The second-order valence-electron chi connectivity index (χ2n) is 4.89. The summed E-state index contributed by atoms with van der Waals surface area (Å²) in [5, 5.41) is 10.3. The van der Waals surface area contributed by atoms with Crippen LogP contribution in [0.15, 0.2) is 12.4 Å². The van der Waals surface area contributed by atoms with Crippen molar-refractivity contribution >= 4 is 11.6 Å². The van der Waals surface area contributed by atoms with Crippen LogP contribution in [0.5, 0.6) is 0 Å². The van der Waals surface area contributed by atoms with E-state index in [2.05, 4.69) is 15.7 Å².